The molecule has 0 atom stereocenters. The lowest BCUT2D eigenvalue weighted by Crippen LogP contribution is -1.98. The molecule has 0 saturated carbocycles. The normalized spacial score (nSPS) is 10.7. The molecule has 2 rings (SSSR count). The Morgan fingerprint density at radius 2 is 2.00 bits per heavy atom. The molecule has 2 aromatic carbocycles. The van der Waals surface area contributed by atoms with Crippen LogP contribution in [-0.2, 0) is 0 Å². The number of benzene rings is 2. The number of anilines is 1. The maximum Gasteiger partial charge on any atom is 0.187 e. The van der Waals surface area contributed by atoms with Crippen LogP contribution in [0.2, 0.25) is 0 Å². The number of ketones is 1. The summed E-state index contributed by atoms with van der Waals surface area (Å²) in [7, 11) is 0. The van der Waals surface area contributed by atoms with Crippen molar-refractivity contribution in [3.05, 3.63) is 70.6 Å². The molecule has 3 nitrogen and oxygen atoms in total. The fourth-order valence-corrected chi connectivity index (χ4v) is 2.13. The fourth-order valence-electron chi connectivity index (χ4n) is 1.79. The summed E-state index contributed by atoms with van der Waals surface area (Å²) >= 11 is 3.18. The summed E-state index contributed by atoms with van der Waals surface area (Å²) in [5.41, 5.74) is 0.844. The number of nitrogens with one attached hydrogen (secondary N) is 1. The molecule has 0 spiro atoms. The molecule has 0 radical (unpaired) electrons. The summed E-state index contributed by atoms with van der Waals surface area (Å²) < 4.78 is 19.6. The highest BCUT2D eigenvalue weighted by Gasteiger charge is 2.03. The van der Waals surface area contributed by atoms with Crippen molar-refractivity contribution in [1.29, 1.82) is 0 Å². The van der Waals surface area contributed by atoms with Crippen molar-refractivity contribution in [3.8, 4) is 5.75 Å². The van der Waals surface area contributed by atoms with E-state index >= 15 is 0 Å². The van der Waals surface area contributed by atoms with E-state index in [0.29, 0.717) is 22.3 Å². The molecular weight excluding hydrogens is 349 g/mol. The molecule has 2 aromatic rings. The van der Waals surface area contributed by atoms with E-state index in [1.165, 1.54) is 18.3 Å². The van der Waals surface area contributed by atoms with Crippen molar-refractivity contribution in [1.82, 2.24) is 0 Å². The third kappa shape index (κ3) is 4.43. The van der Waals surface area contributed by atoms with Gasteiger partial charge in [0.25, 0.3) is 0 Å². The minimum Gasteiger partial charge on any atom is -0.494 e. The molecule has 0 aromatic heterocycles. The van der Waals surface area contributed by atoms with E-state index in [1.54, 1.807) is 36.4 Å². The first-order valence-electron chi connectivity index (χ1n) is 6.75. The molecule has 0 unspecified atom stereocenters. The third-order valence-electron chi connectivity index (χ3n) is 2.85. The second kappa shape index (κ2) is 7.75. The van der Waals surface area contributed by atoms with Gasteiger partial charge in [0.1, 0.15) is 11.6 Å². The molecule has 5 heteroatoms. The number of rotatable bonds is 6. The van der Waals surface area contributed by atoms with Crippen molar-refractivity contribution in [2.75, 3.05) is 11.9 Å². The van der Waals surface area contributed by atoms with Gasteiger partial charge in [-0.1, -0.05) is 15.9 Å². The van der Waals surface area contributed by atoms with E-state index in [9.17, 15) is 9.18 Å². The van der Waals surface area contributed by atoms with Crippen LogP contribution in [0.4, 0.5) is 10.1 Å². The van der Waals surface area contributed by atoms with Crippen molar-refractivity contribution in [3.63, 3.8) is 0 Å². The van der Waals surface area contributed by atoms with Gasteiger partial charge >= 0.3 is 0 Å². The van der Waals surface area contributed by atoms with E-state index < -0.39 is 5.82 Å². The molecule has 0 amide bonds. The molecule has 114 valence electrons. The fraction of sp³-hybridized carbons (Fsp3) is 0.118. The van der Waals surface area contributed by atoms with Gasteiger partial charge < -0.3 is 10.1 Å². The summed E-state index contributed by atoms with van der Waals surface area (Å²) in [5, 5.41) is 2.75. The molecule has 0 aliphatic rings. The first-order chi connectivity index (χ1) is 10.6. The highest BCUT2D eigenvalue weighted by molar-refractivity contribution is 9.10. The van der Waals surface area contributed by atoms with E-state index in [0.717, 1.165) is 5.75 Å². The molecule has 0 aliphatic heterocycles. The Morgan fingerprint density at radius 3 is 2.64 bits per heavy atom. The quantitative estimate of drug-likeness (QED) is 0.591. The molecule has 0 saturated heterocycles. The zero-order valence-corrected chi connectivity index (χ0v) is 13.6. The Bertz CT molecular complexity index is 684. The molecule has 0 heterocycles. The summed E-state index contributed by atoms with van der Waals surface area (Å²) in [6.07, 6.45) is 2.78. The number of carbonyl (C=O) groups is 1. The average molecular weight is 364 g/mol. The van der Waals surface area contributed by atoms with Gasteiger partial charge in [-0.25, -0.2) is 4.39 Å². The highest BCUT2D eigenvalue weighted by atomic mass is 79.9. The van der Waals surface area contributed by atoms with E-state index in [2.05, 4.69) is 21.2 Å². The second-order valence-electron chi connectivity index (χ2n) is 4.42. The Hall–Kier alpha value is -2.14. The van der Waals surface area contributed by atoms with Gasteiger partial charge in [0.05, 0.1) is 12.3 Å². The number of carbonyl (C=O) groups excluding carboxylic acids is 1. The molecule has 1 N–H and O–H groups in total. The molecule has 0 bridgehead atoms. The van der Waals surface area contributed by atoms with Crippen molar-refractivity contribution in [2.24, 2.45) is 0 Å². The summed E-state index contributed by atoms with van der Waals surface area (Å²) in [4.78, 5) is 12.0. The molecule has 0 fully saturated rings. The van der Waals surface area contributed by atoms with Crippen LogP contribution in [0, 0.1) is 5.82 Å². The summed E-state index contributed by atoms with van der Waals surface area (Å²) in [6, 6.07) is 11.5. The van der Waals surface area contributed by atoms with Gasteiger partial charge in [0.15, 0.2) is 5.78 Å². The smallest absolute Gasteiger partial charge is 0.187 e. The van der Waals surface area contributed by atoms with Crippen molar-refractivity contribution < 1.29 is 13.9 Å². The standard InChI is InChI=1S/C17H15BrFNO2/c1-2-22-14-6-3-12(4-7-14)17(21)9-10-20-16-8-5-13(18)11-15(16)19/h3-11,20H,2H2,1H3. The van der Waals surface area contributed by atoms with Crippen LogP contribution in [0.5, 0.6) is 5.75 Å². The van der Waals surface area contributed by atoms with Gasteiger partial charge in [0, 0.05) is 22.3 Å². The molecule has 0 aliphatic carbocycles. The number of hydrogen-bond acceptors (Lipinski definition) is 3. The average Bonchev–Trinajstić information content (AvgIpc) is 2.50. The first kappa shape index (κ1) is 16.2. The SMILES string of the molecule is CCOc1ccc(C(=O)C=CNc2ccc(Br)cc2F)cc1. The second-order valence-corrected chi connectivity index (χ2v) is 5.34. The van der Waals surface area contributed by atoms with Gasteiger partial charge in [-0.3, -0.25) is 4.79 Å². The summed E-state index contributed by atoms with van der Waals surface area (Å²) in [5.74, 6) is 0.152. The van der Waals surface area contributed by atoms with Crippen LogP contribution in [0.3, 0.4) is 0 Å². The van der Waals surface area contributed by atoms with Crippen LogP contribution < -0.4 is 10.1 Å². The topological polar surface area (TPSA) is 38.3 Å². The lowest BCUT2D eigenvalue weighted by atomic mass is 10.1. The zero-order valence-electron chi connectivity index (χ0n) is 12.0. The largest absolute Gasteiger partial charge is 0.494 e. The number of halogens is 2. The number of hydrogen-bond donors (Lipinski definition) is 1. The Morgan fingerprint density at radius 1 is 1.27 bits per heavy atom. The summed E-state index contributed by atoms with van der Waals surface area (Å²) in [6.45, 7) is 2.48. The lowest BCUT2D eigenvalue weighted by Gasteiger charge is -2.04. The van der Waals surface area contributed by atoms with Crippen LogP contribution in [0.15, 0.2) is 59.2 Å². The monoisotopic (exact) mass is 363 g/mol. The van der Waals surface area contributed by atoms with E-state index in [-0.39, 0.29) is 5.78 Å². The van der Waals surface area contributed by atoms with Crippen molar-refractivity contribution in [2.45, 2.75) is 6.92 Å². The van der Waals surface area contributed by atoms with E-state index in [4.69, 9.17) is 4.74 Å². The third-order valence-corrected chi connectivity index (χ3v) is 3.35. The van der Waals surface area contributed by atoms with Gasteiger partial charge in [-0.2, -0.15) is 0 Å². The van der Waals surface area contributed by atoms with Gasteiger partial charge in [-0.05, 0) is 49.4 Å². The van der Waals surface area contributed by atoms with Gasteiger partial charge in [0.2, 0.25) is 0 Å². The Labute approximate surface area is 136 Å². The zero-order chi connectivity index (χ0) is 15.9. The number of allylic oxidation sites excluding steroid dienone is 1. The number of ether oxygens (including phenoxy) is 1. The first-order valence-corrected chi connectivity index (χ1v) is 7.55. The maximum atomic E-state index is 13.6. The Balaban J connectivity index is 1.98. The lowest BCUT2D eigenvalue weighted by molar-refractivity contribution is 0.104. The molecule has 22 heavy (non-hydrogen) atoms. The van der Waals surface area contributed by atoms with Crippen LogP contribution in [0.25, 0.3) is 0 Å². The predicted molar refractivity (Wildman–Crippen MR) is 88.8 cm³/mol. The minimum absolute atomic E-state index is 0.173. The Kier molecular flexibility index (Phi) is 5.72. The van der Waals surface area contributed by atoms with Gasteiger partial charge in [-0.15, -0.1) is 0 Å². The van der Waals surface area contributed by atoms with E-state index in [1.807, 2.05) is 6.92 Å². The van der Waals surface area contributed by atoms with Crippen LogP contribution in [-0.4, -0.2) is 12.4 Å². The highest BCUT2D eigenvalue weighted by Crippen LogP contribution is 2.19. The predicted octanol–water partition coefficient (Wildman–Crippen LogP) is 4.80. The minimum atomic E-state index is -0.396. The van der Waals surface area contributed by atoms with Crippen molar-refractivity contribution >= 4 is 27.4 Å². The van der Waals surface area contributed by atoms with Crippen LogP contribution in [0.1, 0.15) is 17.3 Å². The maximum absolute atomic E-state index is 13.6. The van der Waals surface area contributed by atoms with Crippen LogP contribution >= 0.6 is 15.9 Å². The molecular formula is C17H15BrFNO2.